The summed E-state index contributed by atoms with van der Waals surface area (Å²) in [7, 11) is 1.69. The van der Waals surface area contributed by atoms with Gasteiger partial charge >= 0.3 is 0 Å². The fourth-order valence-corrected chi connectivity index (χ4v) is 2.74. The smallest absolute Gasteiger partial charge is 0.162 e. The van der Waals surface area contributed by atoms with Gasteiger partial charge in [-0.05, 0) is 24.8 Å². The fourth-order valence-electron chi connectivity index (χ4n) is 2.74. The summed E-state index contributed by atoms with van der Waals surface area (Å²) in [6, 6.07) is 10.1. The maximum Gasteiger partial charge on any atom is 0.162 e. The summed E-state index contributed by atoms with van der Waals surface area (Å²) >= 11 is 0. The molecule has 0 aliphatic heterocycles. The second-order valence-corrected chi connectivity index (χ2v) is 5.16. The summed E-state index contributed by atoms with van der Waals surface area (Å²) in [6.07, 6.45) is 4.73. The number of rotatable bonds is 3. The van der Waals surface area contributed by atoms with Gasteiger partial charge in [-0.15, -0.1) is 0 Å². The molecule has 1 aliphatic rings. The number of aryl methyl sites for hydroxylation is 1. The molecule has 3 rings (SSSR count). The molecular weight excluding hydrogens is 250 g/mol. The van der Waals surface area contributed by atoms with Crippen molar-refractivity contribution in [2.75, 3.05) is 7.11 Å². The Bertz CT molecular complexity index is 586. The Hall–Kier alpha value is -1.78. The van der Waals surface area contributed by atoms with Gasteiger partial charge in [0.15, 0.2) is 5.82 Å². The SMILES string of the molecule is COC(c1ccccc1)c1ncc2c(n1)CCCC2N. The molecule has 4 heteroatoms. The largest absolute Gasteiger partial charge is 0.369 e. The van der Waals surface area contributed by atoms with E-state index in [4.69, 9.17) is 15.5 Å². The molecule has 2 N–H and O–H groups in total. The molecule has 0 spiro atoms. The van der Waals surface area contributed by atoms with Crippen molar-refractivity contribution in [1.82, 2.24) is 9.97 Å². The minimum absolute atomic E-state index is 0.0746. The standard InChI is InChI=1S/C16H19N3O/c1-20-15(11-6-3-2-4-7-11)16-18-10-12-13(17)8-5-9-14(12)19-16/h2-4,6-7,10,13,15H,5,8-9,17H2,1H3. The number of fused-ring (bicyclic) bond motifs is 1. The van der Waals surface area contributed by atoms with E-state index in [0.717, 1.165) is 36.1 Å². The number of aromatic nitrogens is 2. The summed E-state index contributed by atoms with van der Waals surface area (Å²) in [5.41, 5.74) is 9.33. The zero-order chi connectivity index (χ0) is 13.9. The second-order valence-electron chi connectivity index (χ2n) is 5.16. The van der Waals surface area contributed by atoms with Crippen molar-refractivity contribution in [3.05, 3.63) is 59.2 Å². The molecule has 0 saturated carbocycles. The second kappa shape index (κ2) is 5.69. The average molecular weight is 269 g/mol. The Morgan fingerprint density at radius 3 is 2.85 bits per heavy atom. The first kappa shape index (κ1) is 13.2. The van der Waals surface area contributed by atoms with Gasteiger partial charge in [0.2, 0.25) is 0 Å². The van der Waals surface area contributed by atoms with Gasteiger partial charge in [0.05, 0.1) is 0 Å². The molecule has 1 aromatic heterocycles. The fraction of sp³-hybridized carbons (Fsp3) is 0.375. The van der Waals surface area contributed by atoms with Gasteiger partial charge in [-0.25, -0.2) is 9.97 Å². The predicted octanol–water partition coefficient (Wildman–Crippen LogP) is 2.55. The number of nitrogens with zero attached hydrogens (tertiary/aromatic N) is 2. The first-order valence-electron chi connectivity index (χ1n) is 6.98. The van der Waals surface area contributed by atoms with Crippen molar-refractivity contribution in [2.24, 2.45) is 5.73 Å². The van der Waals surface area contributed by atoms with Crippen LogP contribution in [0.3, 0.4) is 0 Å². The van der Waals surface area contributed by atoms with Gasteiger partial charge in [-0.1, -0.05) is 30.3 Å². The minimum atomic E-state index is -0.223. The van der Waals surface area contributed by atoms with E-state index in [1.807, 2.05) is 36.5 Å². The lowest BCUT2D eigenvalue weighted by atomic mass is 9.93. The summed E-state index contributed by atoms with van der Waals surface area (Å²) < 4.78 is 5.58. The van der Waals surface area contributed by atoms with E-state index in [0.29, 0.717) is 5.82 Å². The molecule has 1 aromatic carbocycles. The summed E-state index contributed by atoms with van der Waals surface area (Å²) in [6.45, 7) is 0. The summed E-state index contributed by atoms with van der Waals surface area (Å²) in [5.74, 6) is 0.714. The van der Waals surface area contributed by atoms with E-state index < -0.39 is 0 Å². The topological polar surface area (TPSA) is 61.0 Å². The molecule has 0 radical (unpaired) electrons. The maximum absolute atomic E-state index is 6.10. The van der Waals surface area contributed by atoms with Crippen LogP contribution >= 0.6 is 0 Å². The van der Waals surface area contributed by atoms with Crippen LogP contribution in [0.15, 0.2) is 36.5 Å². The van der Waals surface area contributed by atoms with Crippen LogP contribution in [0.4, 0.5) is 0 Å². The van der Waals surface area contributed by atoms with Crippen LogP contribution in [0.25, 0.3) is 0 Å². The first-order chi connectivity index (χ1) is 9.79. The van der Waals surface area contributed by atoms with E-state index >= 15 is 0 Å². The van der Waals surface area contributed by atoms with Crippen LogP contribution in [0.5, 0.6) is 0 Å². The van der Waals surface area contributed by atoms with Gasteiger partial charge in [0.1, 0.15) is 6.10 Å². The van der Waals surface area contributed by atoms with E-state index in [1.165, 1.54) is 0 Å². The third kappa shape index (κ3) is 2.44. The lowest BCUT2D eigenvalue weighted by Gasteiger charge is -2.22. The summed E-state index contributed by atoms with van der Waals surface area (Å²) in [5, 5.41) is 0. The maximum atomic E-state index is 6.10. The predicted molar refractivity (Wildman–Crippen MR) is 77.2 cm³/mol. The molecule has 2 unspecified atom stereocenters. The van der Waals surface area contributed by atoms with Crippen LogP contribution < -0.4 is 5.73 Å². The highest BCUT2D eigenvalue weighted by molar-refractivity contribution is 5.28. The molecule has 104 valence electrons. The van der Waals surface area contributed by atoms with Gasteiger partial charge < -0.3 is 10.5 Å². The highest BCUT2D eigenvalue weighted by atomic mass is 16.5. The molecule has 1 aliphatic carbocycles. The average Bonchev–Trinajstić information content (AvgIpc) is 2.49. The van der Waals surface area contributed by atoms with Crippen molar-refractivity contribution >= 4 is 0 Å². The van der Waals surface area contributed by atoms with Gasteiger partial charge in [-0.2, -0.15) is 0 Å². The van der Waals surface area contributed by atoms with Crippen molar-refractivity contribution in [1.29, 1.82) is 0 Å². The molecule has 2 aromatic rings. The Balaban J connectivity index is 1.97. The number of benzene rings is 1. The van der Waals surface area contributed by atoms with Gasteiger partial charge in [0, 0.05) is 30.6 Å². The highest BCUT2D eigenvalue weighted by Gasteiger charge is 2.22. The van der Waals surface area contributed by atoms with Gasteiger partial charge in [0.25, 0.3) is 0 Å². The molecule has 0 saturated heterocycles. The van der Waals surface area contributed by atoms with E-state index in [2.05, 4.69) is 4.98 Å². The van der Waals surface area contributed by atoms with E-state index in [-0.39, 0.29) is 12.1 Å². The third-order valence-corrected chi connectivity index (χ3v) is 3.82. The van der Waals surface area contributed by atoms with Crippen LogP contribution in [0.1, 0.15) is 47.6 Å². The highest BCUT2D eigenvalue weighted by Crippen LogP contribution is 2.28. The molecule has 0 fully saturated rings. The minimum Gasteiger partial charge on any atom is -0.369 e. The molecule has 2 atom stereocenters. The lowest BCUT2D eigenvalue weighted by Crippen LogP contribution is -2.21. The van der Waals surface area contributed by atoms with E-state index in [1.54, 1.807) is 7.11 Å². The molecule has 4 nitrogen and oxygen atoms in total. The number of nitrogens with two attached hydrogens (primary N) is 1. The molecular formula is C16H19N3O. The van der Waals surface area contributed by atoms with E-state index in [9.17, 15) is 0 Å². The van der Waals surface area contributed by atoms with Crippen LogP contribution in [0, 0.1) is 0 Å². The Morgan fingerprint density at radius 2 is 2.10 bits per heavy atom. The Kier molecular flexibility index (Phi) is 3.76. The van der Waals surface area contributed by atoms with Crippen molar-refractivity contribution < 1.29 is 4.74 Å². The number of hydrogen-bond acceptors (Lipinski definition) is 4. The molecule has 20 heavy (non-hydrogen) atoms. The van der Waals surface area contributed by atoms with Gasteiger partial charge in [-0.3, -0.25) is 0 Å². The number of methoxy groups -OCH3 is 1. The quantitative estimate of drug-likeness (QED) is 0.930. The zero-order valence-electron chi connectivity index (χ0n) is 11.6. The van der Waals surface area contributed by atoms with Crippen molar-refractivity contribution in [3.8, 4) is 0 Å². The molecule has 0 bridgehead atoms. The monoisotopic (exact) mass is 269 g/mol. The Morgan fingerprint density at radius 1 is 1.30 bits per heavy atom. The number of ether oxygens (including phenoxy) is 1. The molecule has 0 amide bonds. The molecule has 1 heterocycles. The Labute approximate surface area is 119 Å². The summed E-state index contributed by atoms with van der Waals surface area (Å²) in [4.78, 5) is 9.17. The van der Waals surface area contributed by atoms with Crippen LogP contribution in [-0.2, 0) is 11.2 Å². The van der Waals surface area contributed by atoms with Crippen molar-refractivity contribution in [2.45, 2.75) is 31.4 Å². The van der Waals surface area contributed by atoms with Crippen molar-refractivity contribution in [3.63, 3.8) is 0 Å². The number of hydrogen-bond donors (Lipinski definition) is 1. The van der Waals surface area contributed by atoms with Crippen LogP contribution in [-0.4, -0.2) is 17.1 Å². The normalized spacial score (nSPS) is 19.4. The lowest BCUT2D eigenvalue weighted by molar-refractivity contribution is 0.128. The van der Waals surface area contributed by atoms with Crippen LogP contribution in [0.2, 0.25) is 0 Å². The third-order valence-electron chi connectivity index (χ3n) is 3.82. The zero-order valence-corrected chi connectivity index (χ0v) is 11.6. The first-order valence-corrected chi connectivity index (χ1v) is 6.98.